The molecule has 38 heavy (non-hydrogen) atoms. The molecule has 0 spiro atoms. The molecule has 196 valence electrons. The standard InChI is InChI=1S/C24H22ClF3N10/c1-14-12-29-23(32-18-8-10-30-37(18)2)33-19(14)17-13-38(11-5-9-26)21(31-17)20-34-22(36-35-20)24(27,28)15-6-3-4-7-16(15)25/h3-4,6-8,10,12-13H,5,9,11H2,1-2H3,(H,29,32,33)(H,34,35,36). The topological polar surface area (TPSA) is 115 Å². The number of benzene rings is 1. The van der Waals surface area contributed by atoms with Crippen molar-refractivity contribution in [2.75, 3.05) is 12.0 Å². The number of alkyl halides is 3. The van der Waals surface area contributed by atoms with Crippen molar-refractivity contribution in [3.05, 3.63) is 70.9 Å². The van der Waals surface area contributed by atoms with E-state index in [0.717, 1.165) is 5.56 Å². The molecule has 0 aliphatic carbocycles. The van der Waals surface area contributed by atoms with Crippen molar-refractivity contribution in [3.63, 3.8) is 0 Å². The summed E-state index contributed by atoms with van der Waals surface area (Å²) in [7, 11) is 1.77. The Morgan fingerprint density at radius 1 is 1.13 bits per heavy atom. The second-order valence-corrected chi connectivity index (χ2v) is 8.85. The van der Waals surface area contributed by atoms with Crippen molar-refractivity contribution in [3.8, 4) is 23.0 Å². The minimum absolute atomic E-state index is 0.0724. The number of nitrogens with one attached hydrogen (secondary N) is 2. The zero-order valence-corrected chi connectivity index (χ0v) is 21.1. The van der Waals surface area contributed by atoms with Crippen LogP contribution < -0.4 is 5.32 Å². The van der Waals surface area contributed by atoms with Crippen molar-refractivity contribution < 1.29 is 13.2 Å². The lowest BCUT2D eigenvalue weighted by Gasteiger charge is -2.14. The summed E-state index contributed by atoms with van der Waals surface area (Å²) in [6.45, 7) is 1.48. The second kappa shape index (κ2) is 10.2. The molecule has 0 aliphatic heterocycles. The Balaban J connectivity index is 1.52. The van der Waals surface area contributed by atoms with Gasteiger partial charge >= 0.3 is 5.92 Å². The van der Waals surface area contributed by atoms with Gasteiger partial charge in [-0.1, -0.05) is 29.8 Å². The molecular weight excluding hydrogens is 521 g/mol. The van der Waals surface area contributed by atoms with E-state index in [1.807, 2.05) is 6.92 Å². The summed E-state index contributed by atoms with van der Waals surface area (Å²) in [6.07, 6.45) is 5.12. The predicted octanol–water partition coefficient (Wildman–Crippen LogP) is 5.06. The maximum Gasteiger partial charge on any atom is 0.332 e. The lowest BCUT2D eigenvalue weighted by atomic mass is 10.1. The molecule has 4 aromatic heterocycles. The molecule has 0 unspecified atom stereocenters. The van der Waals surface area contributed by atoms with E-state index >= 15 is 8.78 Å². The van der Waals surface area contributed by atoms with Gasteiger partial charge in [0.15, 0.2) is 11.6 Å². The van der Waals surface area contributed by atoms with Crippen LogP contribution in [0.15, 0.2) is 48.9 Å². The molecule has 0 amide bonds. The summed E-state index contributed by atoms with van der Waals surface area (Å²) in [5, 5.41) is 13.4. The third-order valence-electron chi connectivity index (χ3n) is 5.78. The Bertz CT molecular complexity index is 1580. The first kappa shape index (κ1) is 25.4. The maximum absolute atomic E-state index is 15.2. The van der Waals surface area contributed by atoms with Crippen LogP contribution in [0.4, 0.5) is 24.9 Å². The minimum atomic E-state index is -3.53. The molecule has 2 N–H and O–H groups in total. The van der Waals surface area contributed by atoms with Crippen LogP contribution in [-0.4, -0.2) is 51.2 Å². The van der Waals surface area contributed by atoms with Gasteiger partial charge in [0.1, 0.15) is 11.5 Å². The van der Waals surface area contributed by atoms with Gasteiger partial charge in [0, 0.05) is 37.6 Å². The Kier molecular flexibility index (Phi) is 6.85. The van der Waals surface area contributed by atoms with Crippen molar-refractivity contribution in [2.45, 2.75) is 25.8 Å². The van der Waals surface area contributed by atoms with E-state index in [9.17, 15) is 4.39 Å². The lowest BCUT2D eigenvalue weighted by molar-refractivity contribution is 0.0334. The summed E-state index contributed by atoms with van der Waals surface area (Å²) in [5.41, 5.74) is 1.25. The van der Waals surface area contributed by atoms with Gasteiger partial charge in [0.05, 0.1) is 23.6 Å². The highest BCUT2D eigenvalue weighted by Crippen LogP contribution is 2.38. The summed E-state index contributed by atoms with van der Waals surface area (Å²) < 4.78 is 46.7. The molecule has 0 fully saturated rings. The molecule has 0 saturated carbocycles. The van der Waals surface area contributed by atoms with Gasteiger partial charge in [-0.15, -0.1) is 5.10 Å². The first-order valence-corrected chi connectivity index (χ1v) is 11.9. The van der Waals surface area contributed by atoms with Gasteiger partial charge in [0.25, 0.3) is 0 Å². The van der Waals surface area contributed by atoms with Crippen LogP contribution in [0.25, 0.3) is 23.0 Å². The molecular formula is C24H22ClF3N10. The molecule has 0 bridgehead atoms. The first-order chi connectivity index (χ1) is 18.3. The van der Waals surface area contributed by atoms with Crippen LogP contribution >= 0.6 is 11.6 Å². The van der Waals surface area contributed by atoms with Crippen LogP contribution in [0.5, 0.6) is 0 Å². The van der Waals surface area contributed by atoms with Crippen LogP contribution in [-0.2, 0) is 19.5 Å². The van der Waals surface area contributed by atoms with Gasteiger partial charge in [-0.25, -0.2) is 19.9 Å². The van der Waals surface area contributed by atoms with Gasteiger partial charge in [-0.2, -0.15) is 13.9 Å². The molecule has 0 radical (unpaired) electrons. The molecule has 1 aromatic carbocycles. The molecule has 10 nitrogen and oxygen atoms in total. The normalized spacial score (nSPS) is 11.7. The SMILES string of the molecule is Cc1cnc(Nc2ccnn2C)nc1-c1cn(CCCF)c(-c2n[nH]c(C(F)(F)c3ccccc3Cl)n2)n1. The number of aromatic amines is 1. The highest BCUT2D eigenvalue weighted by Gasteiger charge is 2.40. The quantitative estimate of drug-likeness (QED) is 0.267. The Labute approximate surface area is 220 Å². The van der Waals surface area contributed by atoms with Crippen molar-refractivity contribution in [1.82, 2.24) is 44.5 Å². The highest BCUT2D eigenvalue weighted by atomic mass is 35.5. The van der Waals surface area contributed by atoms with Gasteiger partial charge < -0.3 is 9.88 Å². The largest absolute Gasteiger partial charge is 0.332 e. The molecule has 5 rings (SSSR count). The van der Waals surface area contributed by atoms with E-state index in [-0.39, 0.29) is 29.6 Å². The Hall–Kier alpha value is -4.26. The van der Waals surface area contributed by atoms with E-state index in [4.69, 9.17) is 11.6 Å². The van der Waals surface area contributed by atoms with Crippen molar-refractivity contribution >= 4 is 23.4 Å². The molecule has 0 saturated heterocycles. The number of hydrogen-bond donors (Lipinski definition) is 2. The number of imidazole rings is 1. The highest BCUT2D eigenvalue weighted by molar-refractivity contribution is 6.31. The van der Waals surface area contributed by atoms with Crippen molar-refractivity contribution in [1.29, 1.82) is 0 Å². The number of aromatic nitrogens is 9. The Morgan fingerprint density at radius 3 is 2.68 bits per heavy atom. The fraction of sp³-hybridized carbons (Fsp3) is 0.250. The number of anilines is 2. The van der Waals surface area contributed by atoms with E-state index in [0.29, 0.717) is 23.2 Å². The van der Waals surface area contributed by atoms with Crippen LogP contribution in [0.3, 0.4) is 0 Å². The van der Waals surface area contributed by atoms with Crippen molar-refractivity contribution in [2.24, 2.45) is 7.05 Å². The molecule has 0 aliphatic rings. The average Bonchev–Trinajstić information content (AvgIpc) is 3.64. The van der Waals surface area contributed by atoms with E-state index in [1.54, 1.807) is 47.0 Å². The average molecular weight is 543 g/mol. The summed E-state index contributed by atoms with van der Waals surface area (Å²) >= 11 is 6.00. The smallest absolute Gasteiger partial charge is 0.327 e. The van der Waals surface area contributed by atoms with E-state index in [2.05, 4.69) is 40.5 Å². The molecule has 4 heterocycles. The number of hydrogen-bond acceptors (Lipinski definition) is 7. The first-order valence-electron chi connectivity index (χ1n) is 11.6. The number of aryl methyl sites for hydroxylation is 3. The summed E-state index contributed by atoms with van der Waals surface area (Å²) in [5.74, 6) is -3.11. The number of H-pyrrole nitrogens is 1. The lowest BCUT2D eigenvalue weighted by Crippen LogP contribution is -2.18. The summed E-state index contributed by atoms with van der Waals surface area (Å²) in [4.78, 5) is 17.5. The fourth-order valence-electron chi connectivity index (χ4n) is 3.83. The third-order valence-corrected chi connectivity index (χ3v) is 6.11. The minimum Gasteiger partial charge on any atom is -0.327 e. The fourth-order valence-corrected chi connectivity index (χ4v) is 4.08. The van der Waals surface area contributed by atoms with E-state index in [1.165, 1.54) is 18.2 Å². The van der Waals surface area contributed by atoms with Gasteiger partial charge in [-0.05, 0) is 25.0 Å². The number of halogens is 4. The van der Waals surface area contributed by atoms with E-state index < -0.39 is 24.0 Å². The maximum atomic E-state index is 15.2. The zero-order chi connectivity index (χ0) is 26.9. The monoisotopic (exact) mass is 542 g/mol. The molecule has 5 aromatic rings. The zero-order valence-electron chi connectivity index (χ0n) is 20.3. The second-order valence-electron chi connectivity index (χ2n) is 8.44. The number of rotatable bonds is 9. The summed E-state index contributed by atoms with van der Waals surface area (Å²) in [6, 6.07) is 7.39. The third kappa shape index (κ3) is 4.84. The number of nitrogens with zero attached hydrogens (tertiary/aromatic N) is 8. The van der Waals surface area contributed by atoms with Crippen LogP contribution in [0, 0.1) is 6.92 Å². The Morgan fingerprint density at radius 2 is 1.95 bits per heavy atom. The molecule has 14 heteroatoms. The van der Waals surface area contributed by atoms with Gasteiger partial charge in [0.2, 0.25) is 11.8 Å². The van der Waals surface area contributed by atoms with Crippen LogP contribution in [0.2, 0.25) is 5.02 Å². The molecule has 0 atom stereocenters. The van der Waals surface area contributed by atoms with Crippen LogP contribution in [0.1, 0.15) is 23.4 Å². The predicted molar refractivity (Wildman–Crippen MR) is 135 cm³/mol. The van der Waals surface area contributed by atoms with Gasteiger partial charge in [-0.3, -0.25) is 14.2 Å².